The van der Waals surface area contributed by atoms with Crippen LogP contribution < -0.4 is 0 Å². The van der Waals surface area contributed by atoms with E-state index in [0.717, 1.165) is 16.5 Å². The van der Waals surface area contributed by atoms with E-state index in [4.69, 9.17) is 11.2 Å². The van der Waals surface area contributed by atoms with Gasteiger partial charge in [-0.2, -0.15) is 0 Å². The predicted molar refractivity (Wildman–Crippen MR) is 38.8 cm³/mol. The third-order valence-electron chi connectivity index (χ3n) is 0.853. The van der Waals surface area contributed by atoms with Crippen molar-refractivity contribution in [3.05, 3.63) is 0 Å². The monoisotopic (exact) mass is 128 g/mol. The van der Waals surface area contributed by atoms with Crippen LogP contribution in [0.15, 0.2) is 0 Å². The van der Waals surface area contributed by atoms with Gasteiger partial charge in [0.25, 0.3) is 0 Å². The smallest absolute Gasteiger partial charge is 0.122 e. The highest BCUT2D eigenvalue weighted by Crippen LogP contribution is 2.04. The molecule has 0 N–H and O–H groups in total. The lowest BCUT2D eigenvalue weighted by Gasteiger charge is -2.16. The molecule has 0 spiro atoms. The first-order valence-electron chi connectivity index (χ1n) is 2.74. The molecule has 0 aliphatic rings. The van der Waals surface area contributed by atoms with E-state index in [2.05, 4.69) is 5.92 Å². The van der Waals surface area contributed by atoms with Crippen LogP contribution in [0.2, 0.25) is 0 Å². The fraction of sp³-hybridized carbons (Fsp3) is 0.667. The summed E-state index contributed by atoms with van der Waals surface area (Å²) in [5.41, 5.74) is -0.345. The molecule has 2 heteroatoms. The van der Waals surface area contributed by atoms with Gasteiger partial charge in [0.15, 0.2) is 0 Å². The van der Waals surface area contributed by atoms with Gasteiger partial charge in [0, 0.05) is 16.5 Å². The van der Waals surface area contributed by atoms with Crippen LogP contribution in [-0.4, -0.2) is 22.1 Å². The van der Waals surface area contributed by atoms with Gasteiger partial charge in [-0.1, -0.05) is 5.92 Å². The van der Waals surface area contributed by atoms with Crippen molar-refractivity contribution < 1.29 is 4.74 Å². The predicted octanol–water partition coefficient (Wildman–Crippen LogP) is -0.262. The first-order chi connectivity index (χ1) is 3.62. The van der Waals surface area contributed by atoms with E-state index in [1.54, 1.807) is 0 Å². The molecule has 0 aromatic carbocycles. The summed E-state index contributed by atoms with van der Waals surface area (Å²) in [5, 5.41) is 0. The topological polar surface area (TPSA) is 9.23 Å². The Labute approximate surface area is 53.8 Å². The van der Waals surface area contributed by atoms with Gasteiger partial charge in [0.1, 0.15) is 5.60 Å². The summed E-state index contributed by atoms with van der Waals surface area (Å²) in [5.74, 6) is 2.54. The Morgan fingerprint density at radius 3 is 2.38 bits per heavy atom. The lowest BCUT2D eigenvalue weighted by molar-refractivity contribution is 0.0592. The summed E-state index contributed by atoms with van der Waals surface area (Å²) in [7, 11) is 1.06. The van der Waals surface area contributed by atoms with Crippen molar-refractivity contribution in [2.24, 2.45) is 0 Å². The van der Waals surface area contributed by atoms with Crippen molar-refractivity contribution in [3.8, 4) is 12.3 Å². The Morgan fingerprint density at radius 1 is 1.75 bits per heavy atom. The second-order valence-electron chi connectivity index (χ2n) is 2.09. The SMILES string of the molecule is C#CC(C)(C)OC[SiH3]. The fourth-order valence-electron chi connectivity index (χ4n) is 0.403. The summed E-state index contributed by atoms with van der Waals surface area (Å²) < 4.78 is 5.20. The molecule has 0 aromatic rings. The summed E-state index contributed by atoms with van der Waals surface area (Å²) >= 11 is 0. The Morgan fingerprint density at radius 2 is 2.25 bits per heavy atom. The minimum atomic E-state index is -0.345. The van der Waals surface area contributed by atoms with Crippen molar-refractivity contribution in [2.75, 3.05) is 6.23 Å². The van der Waals surface area contributed by atoms with Crippen LogP contribution in [0.5, 0.6) is 0 Å². The minimum Gasteiger partial charge on any atom is -0.367 e. The van der Waals surface area contributed by atoms with Gasteiger partial charge >= 0.3 is 0 Å². The van der Waals surface area contributed by atoms with Gasteiger partial charge in [-0.15, -0.1) is 6.42 Å². The Hall–Kier alpha value is -0.263. The Kier molecular flexibility index (Phi) is 2.81. The molecular formula is C6H12OSi. The molecule has 0 radical (unpaired) electrons. The standard InChI is InChI=1S/C6H12OSi/c1-4-6(2,3)7-5-8/h1H,5H2,2-3,8H3. The van der Waals surface area contributed by atoms with Gasteiger partial charge in [-0.05, 0) is 13.8 Å². The van der Waals surface area contributed by atoms with Crippen molar-refractivity contribution in [3.63, 3.8) is 0 Å². The van der Waals surface area contributed by atoms with Gasteiger partial charge < -0.3 is 4.74 Å². The summed E-state index contributed by atoms with van der Waals surface area (Å²) in [6.45, 7) is 3.79. The summed E-state index contributed by atoms with van der Waals surface area (Å²) in [4.78, 5) is 0. The van der Waals surface area contributed by atoms with E-state index in [0.29, 0.717) is 0 Å². The fourth-order valence-corrected chi connectivity index (χ4v) is 1.12. The van der Waals surface area contributed by atoms with Crippen LogP contribution in [0, 0.1) is 12.3 Å². The van der Waals surface area contributed by atoms with Crippen LogP contribution in [0.1, 0.15) is 13.8 Å². The third-order valence-corrected chi connectivity index (χ3v) is 1.14. The molecule has 46 valence electrons. The van der Waals surface area contributed by atoms with Crippen LogP contribution in [0.3, 0.4) is 0 Å². The van der Waals surface area contributed by atoms with E-state index >= 15 is 0 Å². The highest BCUT2D eigenvalue weighted by atomic mass is 28.1. The Bertz CT molecular complexity index is 102. The van der Waals surface area contributed by atoms with Crippen LogP contribution in [0.4, 0.5) is 0 Å². The van der Waals surface area contributed by atoms with Crippen LogP contribution in [-0.2, 0) is 4.74 Å². The Balaban J connectivity index is 3.59. The number of rotatable bonds is 2. The highest BCUT2D eigenvalue weighted by Gasteiger charge is 2.10. The maximum absolute atomic E-state index is 5.20. The zero-order valence-electron chi connectivity index (χ0n) is 5.69. The number of terminal acetylenes is 1. The molecule has 0 aliphatic carbocycles. The molecule has 0 aromatic heterocycles. The molecule has 0 saturated heterocycles. The highest BCUT2D eigenvalue weighted by molar-refractivity contribution is 6.08. The maximum atomic E-state index is 5.20. The lowest BCUT2D eigenvalue weighted by atomic mass is 10.2. The zero-order valence-corrected chi connectivity index (χ0v) is 7.69. The molecule has 0 aliphatic heterocycles. The van der Waals surface area contributed by atoms with E-state index < -0.39 is 0 Å². The molecule has 0 saturated carbocycles. The largest absolute Gasteiger partial charge is 0.367 e. The van der Waals surface area contributed by atoms with Crippen LogP contribution in [0.25, 0.3) is 0 Å². The van der Waals surface area contributed by atoms with E-state index in [1.807, 2.05) is 13.8 Å². The second kappa shape index (κ2) is 2.90. The number of hydrogen-bond acceptors (Lipinski definition) is 1. The lowest BCUT2D eigenvalue weighted by Crippen LogP contribution is -2.22. The average Bonchev–Trinajstić information content (AvgIpc) is 1.67. The van der Waals surface area contributed by atoms with Crippen molar-refractivity contribution in [2.45, 2.75) is 19.4 Å². The van der Waals surface area contributed by atoms with Gasteiger partial charge in [0.05, 0.1) is 0 Å². The van der Waals surface area contributed by atoms with Crippen LogP contribution >= 0.6 is 0 Å². The number of ether oxygens (including phenoxy) is 1. The molecule has 0 rings (SSSR count). The number of hydrogen-bond donors (Lipinski definition) is 0. The van der Waals surface area contributed by atoms with Gasteiger partial charge in [-0.25, -0.2) is 0 Å². The van der Waals surface area contributed by atoms with Crippen molar-refractivity contribution in [1.82, 2.24) is 0 Å². The summed E-state index contributed by atoms with van der Waals surface area (Å²) in [6.07, 6.45) is 5.95. The quantitative estimate of drug-likeness (QED) is 0.368. The second-order valence-corrected chi connectivity index (χ2v) is 2.67. The molecule has 8 heavy (non-hydrogen) atoms. The van der Waals surface area contributed by atoms with Crippen molar-refractivity contribution >= 4 is 10.2 Å². The molecule has 0 heterocycles. The average molecular weight is 128 g/mol. The molecule has 0 bridgehead atoms. The molecule has 0 fully saturated rings. The zero-order chi connectivity index (χ0) is 6.62. The van der Waals surface area contributed by atoms with Gasteiger partial charge in [-0.3, -0.25) is 0 Å². The van der Waals surface area contributed by atoms with E-state index in [-0.39, 0.29) is 5.60 Å². The molecule has 1 nitrogen and oxygen atoms in total. The third kappa shape index (κ3) is 2.84. The minimum absolute atomic E-state index is 0.345. The van der Waals surface area contributed by atoms with Gasteiger partial charge in [0.2, 0.25) is 0 Å². The maximum Gasteiger partial charge on any atom is 0.122 e. The molecular weight excluding hydrogens is 116 g/mol. The normalized spacial score (nSPS) is 11.1. The van der Waals surface area contributed by atoms with E-state index in [1.165, 1.54) is 0 Å². The molecule has 0 amide bonds. The molecule has 0 unspecified atom stereocenters. The van der Waals surface area contributed by atoms with Crippen molar-refractivity contribution in [1.29, 1.82) is 0 Å². The molecule has 0 atom stereocenters. The summed E-state index contributed by atoms with van der Waals surface area (Å²) in [6, 6.07) is 0. The first kappa shape index (κ1) is 7.74. The van der Waals surface area contributed by atoms with E-state index in [9.17, 15) is 0 Å². The first-order valence-corrected chi connectivity index (χ1v) is 4.15.